The van der Waals surface area contributed by atoms with Crippen LogP contribution in [0.25, 0.3) is 0 Å². The third-order valence-electron chi connectivity index (χ3n) is 0.961. The zero-order valence-electron chi connectivity index (χ0n) is 7.11. The van der Waals surface area contributed by atoms with E-state index in [-0.39, 0.29) is 0 Å². The van der Waals surface area contributed by atoms with Gasteiger partial charge in [0, 0.05) is 6.42 Å². The molecule has 0 atom stereocenters. The Balaban J connectivity index is 0. The fourth-order valence-electron chi connectivity index (χ4n) is 0.503. The molecule has 0 amide bonds. The van der Waals surface area contributed by atoms with Crippen molar-refractivity contribution >= 4 is 57.5 Å². The van der Waals surface area contributed by atoms with Gasteiger partial charge in [-0.1, -0.05) is 6.42 Å². The normalized spacial score (nSPS) is 8.45. The molecule has 0 spiro atoms. The maximum absolute atomic E-state index is 8.13. The average molecular weight is 220 g/mol. The van der Waals surface area contributed by atoms with Crippen LogP contribution in [0, 0.1) is 11.3 Å². The van der Waals surface area contributed by atoms with Crippen molar-refractivity contribution in [2.75, 3.05) is 0 Å². The van der Waals surface area contributed by atoms with Gasteiger partial charge in [0.25, 0.3) is 0 Å². The molecule has 1 nitrogen and oxygen atoms in total. The zero-order chi connectivity index (χ0) is 9.11. The summed E-state index contributed by atoms with van der Waals surface area (Å²) in [7, 11) is -1.38. The second-order valence-electron chi connectivity index (χ2n) is 1.79. The molecule has 0 aromatic rings. The third kappa shape index (κ3) is 18.3. The molecule has 60 valence electrons. The van der Waals surface area contributed by atoms with Crippen molar-refractivity contribution in [3.63, 3.8) is 0 Å². The van der Waals surface area contributed by atoms with Crippen LogP contribution in [0.1, 0.15) is 19.3 Å². The van der Waals surface area contributed by atoms with E-state index < -0.39 is 7.42 Å². The van der Waals surface area contributed by atoms with Crippen molar-refractivity contribution < 1.29 is 0 Å². The summed E-state index contributed by atoms with van der Waals surface area (Å²) < 4.78 is 2.14. The predicted molar refractivity (Wildman–Crippen MR) is 54.7 cm³/mol. The number of nitrogens with zero attached hydrogens (tertiary/aromatic N) is 1. The Labute approximate surface area is 97.5 Å². The van der Waals surface area contributed by atoms with Crippen LogP contribution in [-0.4, -0.2) is 35.3 Å². The van der Waals surface area contributed by atoms with E-state index in [4.69, 9.17) is 27.4 Å². The molecule has 0 saturated carbocycles. The standard InChI is InChI=1S/C5H9Cl2NSi.CH3.Na/c6-9(7)5-3-1-2-4-8;;/h9H,1-3,5H2;1H3;. The van der Waals surface area contributed by atoms with Gasteiger partial charge in [-0.05, 0) is 12.5 Å². The molecule has 0 N–H and O–H groups in total. The summed E-state index contributed by atoms with van der Waals surface area (Å²) in [5, 5.41) is 8.13. The molecule has 0 saturated heterocycles. The summed E-state index contributed by atoms with van der Waals surface area (Å²) in [5.41, 5.74) is 0. The molecule has 11 heavy (non-hydrogen) atoms. The Bertz CT molecular complexity index is 105. The van der Waals surface area contributed by atoms with Crippen LogP contribution in [0.4, 0.5) is 0 Å². The van der Waals surface area contributed by atoms with Crippen LogP contribution in [0.2, 0.25) is 10.2 Å². The zero-order valence-corrected chi connectivity index (χ0v) is 11.8. The van der Waals surface area contributed by atoms with Gasteiger partial charge in [0.15, 0.2) is 0 Å². The van der Waals surface area contributed by atoms with E-state index in [0.29, 0.717) is 6.42 Å². The van der Waals surface area contributed by atoms with Gasteiger partial charge in [-0.2, -0.15) is 27.4 Å². The summed E-state index contributed by atoms with van der Waals surface area (Å²) in [6.07, 6.45) is 2.59. The van der Waals surface area contributed by atoms with E-state index in [9.17, 15) is 0 Å². The molecule has 0 heterocycles. The Kier molecular flexibility index (Phi) is 18.6. The summed E-state index contributed by atoms with van der Waals surface area (Å²) in [5.74, 6) is 0. The number of unbranched alkanes of at least 4 members (excludes halogenated alkanes) is 2. The molecule has 5 heteroatoms. The van der Waals surface area contributed by atoms with E-state index in [0.717, 1.165) is 18.9 Å². The van der Waals surface area contributed by atoms with Gasteiger partial charge in [0.1, 0.15) is 0 Å². The fourth-order valence-corrected chi connectivity index (χ4v) is 2.03. The van der Waals surface area contributed by atoms with Crippen molar-refractivity contribution in [1.82, 2.24) is 0 Å². The minimum absolute atomic E-state index is 0.634. The average Bonchev–Trinajstić information content (AvgIpc) is 2.02. The number of nitriles is 1. The molecule has 0 bridgehead atoms. The maximum atomic E-state index is 8.13. The van der Waals surface area contributed by atoms with E-state index in [1.807, 2.05) is 0 Å². The minimum atomic E-state index is -1.38. The van der Waals surface area contributed by atoms with Crippen LogP contribution in [0.15, 0.2) is 0 Å². The van der Waals surface area contributed by atoms with Gasteiger partial charge >= 0.3 is 32.1 Å². The van der Waals surface area contributed by atoms with E-state index in [2.05, 4.69) is 10.2 Å². The van der Waals surface area contributed by atoms with E-state index in [1.54, 1.807) is 0 Å². The number of hydrogen-bond acceptors (Lipinski definition) is 1. The Morgan fingerprint density at radius 1 is 1.36 bits per heavy atom. The van der Waals surface area contributed by atoms with Gasteiger partial charge in [-0.3, -0.25) is 0 Å². The molecule has 0 rings (SSSR count). The second-order valence-corrected chi connectivity index (χ2v) is 6.99. The van der Waals surface area contributed by atoms with Gasteiger partial charge in [-0.25, -0.2) is 0 Å². The molecule has 0 aromatic heterocycles. The molecule has 0 aliphatic heterocycles. The van der Waals surface area contributed by atoms with Gasteiger partial charge in [0.2, 0.25) is 7.42 Å². The van der Waals surface area contributed by atoms with Crippen LogP contribution < -0.4 is 0 Å². The van der Waals surface area contributed by atoms with Crippen LogP contribution in [0.3, 0.4) is 0 Å². The van der Waals surface area contributed by atoms with Crippen molar-refractivity contribution in [1.29, 1.82) is 5.26 Å². The molecule has 0 aromatic carbocycles. The van der Waals surface area contributed by atoms with Crippen molar-refractivity contribution in [2.24, 2.45) is 0 Å². The molecule has 0 fully saturated rings. The van der Waals surface area contributed by atoms with E-state index in [1.165, 1.54) is 27.9 Å². The third-order valence-corrected chi connectivity index (χ3v) is 3.11. The summed E-state index contributed by atoms with van der Waals surface area (Å²) in [6.45, 7) is 0. The molecular weight excluding hydrogens is 208 g/mol. The summed E-state index contributed by atoms with van der Waals surface area (Å²) in [4.78, 5) is 0. The Morgan fingerprint density at radius 3 is 2.27 bits per heavy atom. The number of halogens is 2. The second kappa shape index (κ2) is 13.8. The number of hydrogen-bond donors (Lipinski definition) is 0. The van der Waals surface area contributed by atoms with E-state index >= 15 is 0 Å². The van der Waals surface area contributed by atoms with Gasteiger partial charge in [0.05, 0.1) is 6.07 Å². The quantitative estimate of drug-likeness (QED) is 0.406. The van der Waals surface area contributed by atoms with Crippen molar-refractivity contribution in [2.45, 2.75) is 29.5 Å². The molecule has 0 aliphatic rings. The number of rotatable bonds is 4. The molecular formula is C6H12Cl2NNaSi. The SMILES string of the molecule is N#CCCCC[SiH](Cl)Cl.[CH3][Na]. The van der Waals surface area contributed by atoms with Gasteiger partial charge < -0.3 is 0 Å². The van der Waals surface area contributed by atoms with Crippen LogP contribution in [0.5, 0.6) is 0 Å². The first-order chi connectivity index (χ1) is 5.27. The summed E-state index contributed by atoms with van der Waals surface area (Å²) >= 11 is 12.5. The fraction of sp³-hybridized carbons (Fsp3) is 0.833. The van der Waals surface area contributed by atoms with Crippen LogP contribution in [-0.2, 0) is 0 Å². The monoisotopic (exact) mass is 219 g/mol. The van der Waals surface area contributed by atoms with Crippen LogP contribution >= 0.6 is 22.2 Å². The summed E-state index contributed by atoms with van der Waals surface area (Å²) in [6, 6.07) is 3.01. The first-order valence-electron chi connectivity index (χ1n) is 3.92. The van der Waals surface area contributed by atoms with Crippen molar-refractivity contribution in [3.05, 3.63) is 0 Å². The first kappa shape index (κ1) is 14.8. The van der Waals surface area contributed by atoms with Crippen molar-refractivity contribution in [3.8, 4) is 6.07 Å². The molecule has 0 unspecified atom stereocenters. The first-order valence-corrected chi connectivity index (χ1v) is 10.2. The Morgan fingerprint density at radius 2 is 1.91 bits per heavy atom. The topological polar surface area (TPSA) is 23.8 Å². The molecule has 0 radical (unpaired) electrons. The predicted octanol–water partition coefficient (Wildman–Crippen LogP) is 2.58. The molecule has 0 aliphatic carbocycles. The Hall–Kier alpha value is 1.29. The van der Waals surface area contributed by atoms with Gasteiger partial charge in [-0.15, -0.1) is 0 Å².